The van der Waals surface area contributed by atoms with Gasteiger partial charge in [-0.1, -0.05) is 12.1 Å². The van der Waals surface area contributed by atoms with Crippen molar-refractivity contribution in [3.63, 3.8) is 0 Å². The Morgan fingerprint density at radius 3 is 2.68 bits per heavy atom. The lowest BCUT2D eigenvalue weighted by atomic mass is 9.88. The number of hydrogen-bond donors (Lipinski definition) is 1. The van der Waals surface area contributed by atoms with Crippen molar-refractivity contribution in [1.29, 1.82) is 0 Å². The number of hydrogen-bond acceptors (Lipinski definition) is 6. The van der Waals surface area contributed by atoms with Crippen LogP contribution in [0.3, 0.4) is 0 Å². The predicted octanol–water partition coefficient (Wildman–Crippen LogP) is 2.04. The molecule has 0 atom stereocenters. The maximum atomic E-state index is 12.3. The fourth-order valence-electron chi connectivity index (χ4n) is 2.28. The largest absolute Gasteiger partial charge is 0.379 e. The van der Waals surface area contributed by atoms with Gasteiger partial charge in [0.1, 0.15) is 0 Å². The summed E-state index contributed by atoms with van der Waals surface area (Å²) in [4.78, 5) is 16.8. The van der Waals surface area contributed by atoms with Crippen LogP contribution in [-0.4, -0.2) is 50.9 Å². The van der Waals surface area contributed by atoms with E-state index in [4.69, 9.17) is 4.74 Å². The first-order valence-corrected chi connectivity index (χ1v) is 9.92. The van der Waals surface area contributed by atoms with Crippen molar-refractivity contribution < 1.29 is 17.9 Å². The highest BCUT2D eigenvalue weighted by molar-refractivity contribution is 7.89. The molecule has 25 heavy (non-hydrogen) atoms. The highest BCUT2D eigenvalue weighted by atomic mass is 32.2. The Labute approximate surface area is 150 Å². The quantitative estimate of drug-likeness (QED) is 0.856. The Bertz CT molecular complexity index is 902. The fraction of sp³-hybridized carbons (Fsp3) is 0.375. The first kappa shape index (κ1) is 18.0. The van der Waals surface area contributed by atoms with Crippen LogP contribution in [0.1, 0.15) is 6.92 Å². The molecule has 1 aliphatic rings. The monoisotopic (exact) mass is 381 g/mol. The minimum Gasteiger partial charge on any atom is -0.379 e. The summed E-state index contributed by atoms with van der Waals surface area (Å²) in [7, 11) is -0.531. The van der Waals surface area contributed by atoms with Crippen LogP contribution in [0.25, 0.3) is 11.3 Å². The van der Waals surface area contributed by atoms with Gasteiger partial charge in [-0.05, 0) is 19.1 Å². The molecule has 1 saturated heterocycles. The first-order chi connectivity index (χ1) is 11.7. The second-order valence-corrected chi connectivity index (χ2v) is 9.37. The third-order valence-electron chi connectivity index (χ3n) is 4.02. The third-order valence-corrected chi connectivity index (χ3v) is 6.59. The fourth-order valence-corrected chi connectivity index (χ4v) is 3.94. The number of carbonyl (C=O) groups excluding carboxylic acids is 1. The van der Waals surface area contributed by atoms with Crippen LogP contribution in [0.15, 0.2) is 34.5 Å². The molecule has 1 aromatic heterocycles. The standard InChI is InChI=1S/C16H19N3O4S2/c1-16(9-23-10-16)14(20)18-15-17-13(8-24-15)11-5-4-6-12(7-11)25(21,22)19(2)3/h4-8H,9-10H2,1-3H3,(H,17,18,20). The van der Waals surface area contributed by atoms with Gasteiger partial charge in [0, 0.05) is 25.0 Å². The molecule has 1 fully saturated rings. The number of ether oxygens (including phenoxy) is 1. The van der Waals surface area contributed by atoms with Crippen LogP contribution in [0, 0.1) is 5.41 Å². The molecule has 1 aromatic carbocycles. The zero-order chi connectivity index (χ0) is 18.2. The number of carbonyl (C=O) groups is 1. The molecule has 2 aromatic rings. The molecule has 7 nitrogen and oxygen atoms in total. The van der Waals surface area contributed by atoms with Gasteiger partial charge in [0.25, 0.3) is 0 Å². The summed E-state index contributed by atoms with van der Waals surface area (Å²) in [5, 5.41) is 5.07. The number of anilines is 1. The van der Waals surface area contributed by atoms with Crippen LogP contribution in [0.5, 0.6) is 0 Å². The van der Waals surface area contributed by atoms with Crippen molar-refractivity contribution >= 4 is 32.4 Å². The Kier molecular flexibility index (Phi) is 4.67. The van der Waals surface area contributed by atoms with E-state index in [-0.39, 0.29) is 10.8 Å². The maximum absolute atomic E-state index is 12.3. The van der Waals surface area contributed by atoms with Gasteiger partial charge in [0.15, 0.2) is 5.13 Å². The van der Waals surface area contributed by atoms with Crippen LogP contribution in [-0.2, 0) is 19.6 Å². The molecule has 0 radical (unpaired) electrons. The molecule has 1 aliphatic heterocycles. The number of amides is 1. The van der Waals surface area contributed by atoms with Gasteiger partial charge in [0.05, 0.1) is 29.2 Å². The second kappa shape index (κ2) is 6.49. The number of nitrogens with zero attached hydrogens (tertiary/aromatic N) is 2. The molecule has 134 valence electrons. The van der Waals surface area contributed by atoms with Gasteiger partial charge in [-0.15, -0.1) is 11.3 Å². The number of aromatic nitrogens is 1. The van der Waals surface area contributed by atoms with E-state index in [0.29, 0.717) is 29.6 Å². The number of rotatable bonds is 5. The molecular weight excluding hydrogens is 362 g/mol. The summed E-state index contributed by atoms with van der Waals surface area (Å²) in [5.41, 5.74) is 0.787. The van der Waals surface area contributed by atoms with Gasteiger partial charge in [-0.25, -0.2) is 17.7 Å². The summed E-state index contributed by atoms with van der Waals surface area (Å²) in [6.45, 7) is 2.65. The molecule has 0 unspecified atom stereocenters. The number of benzene rings is 1. The molecule has 1 N–H and O–H groups in total. The average molecular weight is 381 g/mol. The van der Waals surface area contributed by atoms with E-state index in [1.54, 1.807) is 29.6 Å². The van der Waals surface area contributed by atoms with Crippen molar-refractivity contribution in [1.82, 2.24) is 9.29 Å². The zero-order valence-electron chi connectivity index (χ0n) is 14.1. The summed E-state index contributed by atoms with van der Waals surface area (Å²) in [6, 6.07) is 6.59. The minimum absolute atomic E-state index is 0.122. The van der Waals surface area contributed by atoms with Gasteiger partial charge >= 0.3 is 0 Å². The molecule has 0 bridgehead atoms. The predicted molar refractivity (Wildman–Crippen MR) is 96.0 cm³/mol. The van der Waals surface area contributed by atoms with E-state index in [2.05, 4.69) is 10.3 Å². The number of sulfonamides is 1. The lowest BCUT2D eigenvalue weighted by Gasteiger charge is -2.35. The van der Waals surface area contributed by atoms with E-state index in [0.717, 1.165) is 0 Å². The van der Waals surface area contributed by atoms with E-state index in [9.17, 15) is 13.2 Å². The lowest BCUT2D eigenvalue weighted by Crippen LogP contribution is -2.49. The summed E-state index contributed by atoms with van der Waals surface area (Å²) in [6.07, 6.45) is 0. The first-order valence-electron chi connectivity index (χ1n) is 7.60. The average Bonchev–Trinajstić information content (AvgIpc) is 3.01. The van der Waals surface area contributed by atoms with Crippen molar-refractivity contribution in [3.8, 4) is 11.3 Å². The highest BCUT2D eigenvalue weighted by Crippen LogP contribution is 2.31. The van der Waals surface area contributed by atoms with Gasteiger partial charge in [-0.2, -0.15) is 0 Å². The Hall–Kier alpha value is -1.81. The Morgan fingerprint density at radius 2 is 2.08 bits per heavy atom. The van der Waals surface area contributed by atoms with Crippen molar-refractivity contribution in [2.75, 3.05) is 32.6 Å². The Balaban J connectivity index is 1.82. The van der Waals surface area contributed by atoms with Gasteiger partial charge in [0.2, 0.25) is 15.9 Å². The maximum Gasteiger partial charge on any atom is 0.242 e. The van der Waals surface area contributed by atoms with Crippen LogP contribution < -0.4 is 5.32 Å². The third kappa shape index (κ3) is 3.45. The van der Waals surface area contributed by atoms with Gasteiger partial charge < -0.3 is 10.1 Å². The molecule has 1 amide bonds. The molecule has 0 saturated carbocycles. The highest BCUT2D eigenvalue weighted by Gasteiger charge is 2.41. The van der Waals surface area contributed by atoms with E-state index in [1.165, 1.54) is 29.7 Å². The molecule has 3 rings (SSSR count). The summed E-state index contributed by atoms with van der Waals surface area (Å²) in [5.74, 6) is -0.122. The SMILES string of the molecule is CN(C)S(=O)(=O)c1cccc(-c2csc(NC(=O)C3(C)COC3)n2)c1. The number of nitrogens with one attached hydrogen (secondary N) is 1. The zero-order valence-corrected chi connectivity index (χ0v) is 15.8. The summed E-state index contributed by atoms with van der Waals surface area (Å²) >= 11 is 1.30. The normalized spacial score (nSPS) is 16.5. The van der Waals surface area contributed by atoms with Crippen LogP contribution >= 0.6 is 11.3 Å². The summed E-state index contributed by atoms with van der Waals surface area (Å²) < 4.78 is 30.8. The lowest BCUT2D eigenvalue weighted by molar-refractivity contribution is -0.151. The molecule has 2 heterocycles. The van der Waals surface area contributed by atoms with E-state index >= 15 is 0 Å². The van der Waals surface area contributed by atoms with Crippen molar-refractivity contribution in [3.05, 3.63) is 29.6 Å². The van der Waals surface area contributed by atoms with Crippen LogP contribution in [0.4, 0.5) is 5.13 Å². The second-order valence-electron chi connectivity index (χ2n) is 6.36. The molecule has 0 aliphatic carbocycles. The molecule has 0 spiro atoms. The van der Waals surface area contributed by atoms with E-state index < -0.39 is 15.4 Å². The van der Waals surface area contributed by atoms with Crippen molar-refractivity contribution in [2.45, 2.75) is 11.8 Å². The minimum atomic E-state index is -3.51. The molecule has 9 heteroatoms. The Morgan fingerprint density at radius 1 is 1.36 bits per heavy atom. The topological polar surface area (TPSA) is 88.6 Å². The van der Waals surface area contributed by atoms with Crippen molar-refractivity contribution in [2.24, 2.45) is 5.41 Å². The molecular formula is C16H19N3O4S2. The van der Waals surface area contributed by atoms with Crippen LogP contribution in [0.2, 0.25) is 0 Å². The van der Waals surface area contributed by atoms with E-state index in [1.807, 2.05) is 6.92 Å². The smallest absolute Gasteiger partial charge is 0.242 e. The van der Waals surface area contributed by atoms with Gasteiger partial charge in [-0.3, -0.25) is 4.79 Å². The number of thiazole rings is 1.